The van der Waals surface area contributed by atoms with Gasteiger partial charge in [0, 0.05) is 123 Å². The van der Waals surface area contributed by atoms with Gasteiger partial charge in [0.25, 0.3) is 11.4 Å². The molecule has 3 fully saturated rings. The summed E-state index contributed by atoms with van der Waals surface area (Å²) in [7, 11) is 3.21. The van der Waals surface area contributed by atoms with Crippen LogP contribution in [0.3, 0.4) is 0 Å². The van der Waals surface area contributed by atoms with E-state index in [9.17, 15) is 29.8 Å². The first kappa shape index (κ1) is 60.7. The largest absolute Gasteiger partial charge is 0.496 e. The number of nitro groups is 2. The highest BCUT2D eigenvalue weighted by atomic mass is 79.9. The molecule has 20 nitrogen and oxygen atoms in total. The molecule has 6 aromatic carbocycles. The number of esters is 2. The number of nitro benzene ring substituents is 2. The van der Waals surface area contributed by atoms with Gasteiger partial charge in [0.2, 0.25) is 0 Å². The summed E-state index contributed by atoms with van der Waals surface area (Å²) >= 11 is 7.24. The van der Waals surface area contributed by atoms with Crippen molar-refractivity contribution < 1.29 is 47.9 Å². The molecule has 0 N–H and O–H groups in total. The van der Waals surface area contributed by atoms with Crippen LogP contribution in [-0.4, -0.2) is 147 Å². The molecule has 84 heavy (non-hydrogen) atoms. The maximum Gasteiger partial charge on any atom is 0.340 e. The Kier molecular flexibility index (Phi) is 20.7. The average molecular weight is 1280 g/mol. The second-order valence-corrected chi connectivity index (χ2v) is 21.4. The van der Waals surface area contributed by atoms with Gasteiger partial charge in [-0.1, -0.05) is 36.4 Å². The van der Waals surface area contributed by atoms with Gasteiger partial charge in [0.1, 0.15) is 11.5 Å². The van der Waals surface area contributed by atoms with Crippen LogP contribution in [0.5, 0.6) is 11.5 Å². The molecule has 0 amide bonds. The zero-order valence-electron chi connectivity index (χ0n) is 47.2. The third-order valence-electron chi connectivity index (χ3n) is 14.8. The Hall–Kier alpha value is -7.86. The number of hydrogen-bond acceptors (Lipinski definition) is 16. The van der Waals surface area contributed by atoms with Crippen molar-refractivity contribution in [2.75, 3.05) is 116 Å². The van der Waals surface area contributed by atoms with Crippen LogP contribution < -0.4 is 19.3 Å². The molecular formula is C62H66Br2N8O12. The molecular weight excluding hydrogens is 1210 g/mol. The molecule has 8 aromatic rings. The van der Waals surface area contributed by atoms with Crippen LogP contribution in [0.15, 0.2) is 142 Å². The minimum absolute atomic E-state index is 0.0842. The zero-order valence-corrected chi connectivity index (χ0v) is 50.4. The number of piperazine rings is 2. The Morgan fingerprint density at radius 1 is 0.500 bits per heavy atom. The SMILES string of the molecule is C1COCCO1.CCOC(=O)c1c(CN2CCN(c3ccc([N+](=O)[O-])cc3)CC2)n(-c2ccccc2)c2cc(Br)c(OC)cc12.CCOC(=O)c1c(CN2CCN(c3ccc([N+](=O)[O-])cc3)CC2)n(-c2ccccc2)c2cc(Br)c(OC)cc12. The number of carbonyl (C=O) groups is 2. The summed E-state index contributed by atoms with van der Waals surface area (Å²) in [4.78, 5) is 57.1. The number of rotatable bonds is 16. The highest BCUT2D eigenvalue weighted by molar-refractivity contribution is 9.11. The van der Waals surface area contributed by atoms with Crippen LogP contribution in [0.4, 0.5) is 22.7 Å². The quantitative estimate of drug-likeness (QED) is 0.0502. The lowest BCUT2D eigenvalue weighted by atomic mass is 10.1. The van der Waals surface area contributed by atoms with Gasteiger partial charge in [-0.15, -0.1) is 0 Å². The highest BCUT2D eigenvalue weighted by Crippen LogP contribution is 2.40. The van der Waals surface area contributed by atoms with Crippen molar-refractivity contribution in [3.63, 3.8) is 0 Å². The van der Waals surface area contributed by atoms with Crippen molar-refractivity contribution in [2.24, 2.45) is 0 Å². The maximum atomic E-state index is 13.4. The number of non-ortho nitro benzene ring substituents is 2. The standard InChI is InChI=1S/2C29H29BrN4O5.C4H8O2/c2*1-3-39-29(35)28-23-17-27(38-2)24(30)18-25(23)33(21-7-5-4-6-8-21)26(28)19-31-13-15-32(16-14-31)20-9-11-22(12-10-20)34(36)37;1-2-6-4-3-5-1/h2*4-12,17-18H,3,13-16,19H2,1-2H3;1-4H2. The Balaban J connectivity index is 0.000000183. The Bertz CT molecular complexity index is 3320. The van der Waals surface area contributed by atoms with Crippen LogP contribution in [-0.2, 0) is 32.0 Å². The lowest BCUT2D eigenvalue weighted by molar-refractivity contribution is -0.385. The molecule has 3 saturated heterocycles. The molecule has 5 heterocycles. The second kappa shape index (κ2) is 28.6. The summed E-state index contributed by atoms with van der Waals surface area (Å²) in [6, 6.07) is 41.1. The van der Waals surface area contributed by atoms with Gasteiger partial charge in [-0.25, -0.2) is 9.59 Å². The van der Waals surface area contributed by atoms with E-state index in [-0.39, 0.29) is 46.4 Å². The van der Waals surface area contributed by atoms with Crippen molar-refractivity contribution in [1.82, 2.24) is 18.9 Å². The Morgan fingerprint density at radius 3 is 1.14 bits per heavy atom. The van der Waals surface area contributed by atoms with Crippen molar-refractivity contribution in [2.45, 2.75) is 26.9 Å². The lowest BCUT2D eigenvalue weighted by Gasteiger charge is -2.36. The summed E-state index contributed by atoms with van der Waals surface area (Å²) in [5, 5.41) is 23.6. The van der Waals surface area contributed by atoms with Gasteiger partial charge in [0.05, 0.1) is 106 Å². The minimum Gasteiger partial charge on any atom is -0.496 e. The van der Waals surface area contributed by atoms with E-state index in [1.54, 1.807) is 38.5 Å². The predicted molar refractivity (Wildman–Crippen MR) is 330 cm³/mol. The van der Waals surface area contributed by atoms with E-state index in [1.807, 2.05) is 98.8 Å². The van der Waals surface area contributed by atoms with Crippen molar-refractivity contribution >= 4 is 88.4 Å². The van der Waals surface area contributed by atoms with E-state index in [1.165, 1.54) is 24.3 Å². The number of methoxy groups -OCH3 is 2. The fourth-order valence-corrected chi connectivity index (χ4v) is 11.6. The van der Waals surface area contributed by atoms with Gasteiger partial charge >= 0.3 is 11.9 Å². The van der Waals surface area contributed by atoms with E-state index in [0.717, 1.165) is 144 Å². The molecule has 0 saturated carbocycles. The summed E-state index contributed by atoms with van der Waals surface area (Å²) in [5.74, 6) is 0.560. The number of nitrogens with zero attached hydrogens (tertiary/aromatic N) is 8. The maximum absolute atomic E-state index is 13.4. The van der Waals surface area contributed by atoms with E-state index in [2.05, 4.69) is 60.6 Å². The lowest BCUT2D eigenvalue weighted by Crippen LogP contribution is -2.46. The smallest absolute Gasteiger partial charge is 0.340 e. The summed E-state index contributed by atoms with van der Waals surface area (Å²) < 4.78 is 38.0. The van der Waals surface area contributed by atoms with Crippen LogP contribution in [0.2, 0.25) is 0 Å². The van der Waals surface area contributed by atoms with Gasteiger partial charge in [-0.3, -0.25) is 30.0 Å². The second-order valence-electron chi connectivity index (χ2n) is 19.7. The van der Waals surface area contributed by atoms with E-state index in [4.69, 9.17) is 28.4 Å². The number of aromatic nitrogens is 2. The summed E-state index contributed by atoms with van der Waals surface area (Å²) in [6.45, 7) is 14.5. The molecule has 0 atom stereocenters. The topological polar surface area (TPSA) is 199 Å². The third-order valence-corrected chi connectivity index (χ3v) is 16.0. The van der Waals surface area contributed by atoms with E-state index in [0.29, 0.717) is 35.7 Å². The number of para-hydroxylation sites is 2. The number of anilines is 2. The van der Waals surface area contributed by atoms with Crippen molar-refractivity contribution in [3.8, 4) is 22.9 Å². The highest BCUT2D eigenvalue weighted by Gasteiger charge is 2.31. The molecule has 2 aromatic heterocycles. The predicted octanol–water partition coefficient (Wildman–Crippen LogP) is 11.7. The number of fused-ring (bicyclic) bond motifs is 2. The normalized spacial score (nSPS) is 14.7. The molecule has 11 rings (SSSR count). The van der Waals surface area contributed by atoms with Crippen LogP contribution in [0.25, 0.3) is 33.2 Å². The monoisotopic (exact) mass is 1270 g/mol. The molecule has 22 heteroatoms. The Labute approximate surface area is 503 Å². The van der Waals surface area contributed by atoms with Crippen molar-refractivity contribution in [3.05, 3.63) is 185 Å². The van der Waals surface area contributed by atoms with Crippen LogP contribution >= 0.6 is 31.9 Å². The van der Waals surface area contributed by atoms with E-state index >= 15 is 0 Å². The van der Waals surface area contributed by atoms with Gasteiger partial charge in [-0.05, 0) is 119 Å². The number of carbonyl (C=O) groups excluding carboxylic acids is 2. The first-order valence-electron chi connectivity index (χ1n) is 27.7. The molecule has 3 aliphatic rings. The molecule has 0 aliphatic carbocycles. The number of benzene rings is 6. The minimum atomic E-state index is -0.386. The molecule has 0 spiro atoms. The third kappa shape index (κ3) is 14.0. The van der Waals surface area contributed by atoms with Crippen LogP contribution in [0, 0.1) is 20.2 Å². The Morgan fingerprint density at radius 2 is 0.845 bits per heavy atom. The number of ether oxygens (including phenoxy) is 6. The molecule has 3 aliphatic heterocycles. The number of hydrogen-bond donors (Lipinski definition) is 0. The first-order chi connectivity index (χ1) is 40.8. The summed E-state index contributed by atoms with van der Waals surface area (Å²) in [5.41, 5.74) is 8.57. The molecule has 440 valence electrons. The van der Waals surface area contributed by atoms with E-state index < -0.39 is 0 Å². The van der Waals surface area contributed by atoms with Gasteiger partial charge in [-0.2, -0.15) is 0 Å². The average Bonchev–Trinajstić information content (AvgIpc) is 2.00. The first-order valence-corrected chi connectivity index (χ1v) is 29.3. The molecule has 0 bridgehead atoms. The van der Waals surface area contributed by atoms with Crippen molar-refractivity contribution in [1.29, 1.82) is 0 Å². The molecule has 0 radical (unpaired) electrons. The number of halogens is 2. The molecule has 0 unspecified atom stereocenters. The van der Waals surface area contributed by atoms with Gasteiger partial charge < -0.3 is 47.4 Å². The van der Waals surface area contributed by atoms with Crippen LogP contribution in [0.1, 0.15) is 46.0 Å². The summed E-state index contributed by atoms with van der Waals surface area (Å²) in [6.07, 6.45) is 0. The van der Waals surface area contributed by atoms with Gasteiger partial charge in [0.15, 0.2) is 0 Å². The fraction of sp³-hybridized carbons (Fsp3) is 0.323. The zero-order chi connectivity index (χ0) is 59.3. The fourth-order valence-electron chi connectivity index (χ4n) is 10.7.